The van der Waals surface area contributed by atoms with E-state index < -0.39 is 19.7 Å². The Kier molecular flexibility index (Phi) is 3.37. The van der Waals surface area contributed by atoms with Gasteiger partial charge < -0.3 is 0 Å². The molecule has 0 saturated carbocycles. The molecule has 0 radical (unpaired) electrons. The molecule has 0 rings (SSSR count). The Labute approximate surface area is 47.9 Å². The maximum atomic E-state index is 11.3. The van der Waals surface area contributed by atoms with Gasteiger partial charge in [0.25, 0.3) is 0 Å². The first-order chi connectivity index (χ1) is 4.09. The molecule has 0 aromatic carbocycles. The summed E-state index contributed by atoms with van der Waals surface area (Å²) in [5, 5.41) is 1.05. The summed E-state index contributed by atoms with van der Waals surface area (Å²) in [5.74, 6) is 0. The van der Waals surface area contributed by atoms with Gasteiger partial charge in [-0.05, 0) is 5.21 Å². The molecule has 0 heterocycles. The second-order valence-electron chi connectivity index (χ2n) is 0.829. The summed E-state index contributed by atoms with van der Waals surface area (Å²) < 4.78 is 55.1. The maximum absolute atomic E-state index is 11.3. The minimum absolute atomic E-state index is 1.05. The highest BCUT2D eigenvalue weighted by atomic mass is 31.2. The van der Waals surface area contributed by atoms with Gasteiger partial charge in [0, 0.05) is 0 Å². The summed E-state index contributed by atoms with van der Waals surface area (Å²) in [6.45, 7) is 0. The number of hydrogen-bond acceptors (Lipinski definition) is 1. The van der Waals surface area contributed by atoms with Crippen LogP contribution in [0.4, 0.5) is 21.7 Å². The second kappa shape index (κ2) is 3.55. The largest absolute Gasteiger partial charge is 0.405 e. The summed E-state index contributed by atoms with van der Waals surface area (Å²) in [4.78, 5) is -1.67. The molecule has 0 bridgehead atoms. The predicted octanol–water partition coefficient (Wildman–Crippen LogP) is 2.55. The van der Waals surface area contributed by atoms with Crippen LogP contribution >= 0.6 is 8.69 Å². The molecule has 0 saturated heterocycles. The van der Waals surface area contributed by atoms with Gasteiger partial charge >= 0.3 is 14.8 Å². The van der Waals surface area contributed by atoms with Gasteiger partial charge in [0.05, 0.1) is 0 Å². The quantitative estimate of drug-likeness (QED) is 0.146. The predicted molar refractivity (Wildman–Crippen MR) is 21.7 cm³/mol. The van der Waals surface area contributed by atoms with E-state index in [4.69, 9.17) is 0 Å². The molecule has 2 nitrogen and oxygen atoms in total. The lowest BCUT2D eigenvalue weighted by Crippen LogP contribution is -2.07. The third-order valence-corrected chi connectivity index (χ3v) is 0.785. The van der Waals surface area contributed by atoms with Crippen molar-refractivity contribution in [2.45, 2.75) is 0 Å². The van der Waals surface area contributed by atoms with E-state index in [1.807, 2.05) is 0 Å². The molecule has 0 aromatic heterocycles. The van der Waals surface area contributed by atoms with Gasteiger partial charge in [-0.3, -0.25) is 0 Å². The Bertz CT molecular complexity index is 114. The van der Waals surface area contributed by atoms with Crippen molar-refractivity contribution < 1.29 is 21.7 Å². The standard InChI is InChI=1S/CF5N2P/c2-1(7-3)8(4)9(5)6/b7-1+. The van der Waals surface area contributed by atoms with Crippen molar-refractivity contribution >= 4 is 14.8 Å². The molecule has 0 fully saturated rings. The van der Waals surface area contributed by atoms with Crippen LogP contribution in [0.5, 0.6) is 0 Å². The fourth-order valence-electron chi connectivity index (χ4n) is 0.0936. The van der Waals surface area contributed by atoms with Crippen molar-refractivity contribution in [3.05, 3.63) is 0 Å². The van der Waals surface area contributed by atoms with Crippen LogP contribution in [0.2, 0.25) is 0 Å². The molecule has 0 N–H and O–H groups in total. The lowest BCUT2D eigenvalue weighted by molar-refractivity contribution is 0.204. The Morgan fingerprint density at radius 1 is 1.44 bits per heavy atom. The first-order valence-corrected chi connectivity index (χ1v) is 2.59. The molecular weight excluding hydrogens is 166 g/mol. The highest BCUT2D eigenvalue weighted by molar-refractivity contribution is 7.44. The van der Waals surface area contributed by atoms with Crippen LogP contribution in [0.25, 0.3) is 0 Å². The third-order valence-electron chi connectivity index (χ3n) is 0.355. The normalized spacial score (nSPS) is 12.4. The Morgan fingerprint density at radius 3 is 2.00 bits per heavy atom. The maximum Gasteiger partial charge on any atom is 0.405 e. The zero-order chi connectivity index (χ0) is 7.44. The minimum atomic E-state index is -4.29. The third kappa shape index (κ3) is 2.55. The van der Waals surface area contributed by atoms with E-state index in [-0.39, 0.29) is 0 Å². The molecule has 0 aliphatic heterocycles. The molecular formula is CF5N2P. The van der Waals surface area contributed by atoms with Crippen LogP contribution < -0.4 is 0 Å². The molecule has 0 spiro atoms. The lowest BCUT2D eigenvalue weighted by Gasteiger charge is -2.02. The Morgan fingerprint density at radius 2 is 1.89 bits per heavy atom. The van der Waals surface area contributed by atoms with Crippen LogP contribution in [0.1, 0.15) is 0 Å². The molecule has 0 amide bonds. The first-order valence-electron chi connectivity index (χ1n) is 1.51. The minimum Gasteiger partial charge on any atom is -0.160 e. The number of nitrogens with zero attached hydrogens (tertiary/aromatic N) is 2. The number of halogens is 5. The van der Waals surface area contributed by atoms with Crippen molar-refractivity contribution in [2.75, 3.05) is 0 Å². The molecule has 0 aliphatic carbocycles. The van der Waals surface area contributed by atoms with E-state index in [1.165, 1.54) is 0 Å². The molecule has 0 atom stereocenters. The smallest absolute Gasteiger partial charge is 0.160 e. The molecule has 8 heteroatoms. The van der Waals surface area contributed by atoms with E-state index >= 15 is 0 Å². The summed E-state index contributed by atoms with van der Waals surface area (Å²) in [6.07, 6.45) is -2.47. The molecule has 0 aromatic rings. The number of hydrogen-bond donors (Lipinski definition) is 0. The van der Waals surface area contributed by atoms with Crippen molar-refractivity contribution in [2.24, 2.45) is 5.21 Å². The summed E-state index contributed by atoms with van der Waals surface area (Å²) in [5.41, 5.74) is 0. The van der Waals surface area contributed by atoms with Gasteiger partial charge in [0.2, 0.25) is 0 Å². The van der Waals surface area contributed by atoms with Crippen LogP contribution in [-0.2, 0) is 0 Å². The molecule has 0 unspecified atom stereocenters. The Balaban J connectivity index is 3.88. The highest BCUT2D eigenvalue weighted by Crippen LogP contribution is 2.43. The molecule has 54 valence electrons. The fourth-order valence-corrected chi connectivity index (χ4v) is 0.252. The van der Waals surface area contributed by atoms with Gasteiger partial charge in [-0.15, -0.1) is 0 Å². The summed E-state index contributed by atoms with van der Waals surface area (Å²) in [7, 11) is -4.29. The summed E-state index contributed by atoms with van der Waals surface area (Å²) in [6, 6.07) is 0. The Hall–Kier alpha value is -0.450. The van der Waals surface area contributed by atoms with Gasteiger partial charge in [0.1, 0.15) is 0 Å². The zero-order valence-corrected chi connectivity index (χ0v) is 4.63. The monoisotopic (exact) mass is 166 g/mol. The first kappa shape index (κ1) is 8.55. The number of rotatable bonds is 1. The van der Waals surface area contributed by atoms with Gasteiger partial charge in [0.15, 0.2) is 0 Å². The average molecular weight is 166 g/mol. The topological polar surface area (TPSA) is 15.6 Å². The van der Waals surface area contributed by atoms with Crippen molar-refractivity contribution in [3.63, 3.8) is 0 Å². The average Bonchev–Trinajstić information content (AvgIpc) is 1.84. The van der Waals surface area contributed by atoms with E-state index in [9.17, 15) is 21.7 Å². The van der Waals surface area contributed by atoms with Crippen molar-refractivity contribution in [3.8, 4) is 0 Å². The highest BCUT2D eigenvalue weighted by Gasteiger charge is 2.23. The van der Waals surface area contributed by atoms with Gasteiger partial charge in [-0.1, -0.05) is 13.9 Å². The van der Waals surface area contributed by atoms with Crippen LogP contribution in [0, 0.1) is 0 Å². The van der Waals surface area contributed by atoms with Crippen LogP contribution in [-0.4, -0.2) is 11.0 Å². The molecule has 9 heavy (non-hydrogen) atoms. The SMILES string of the molecule is F/N=C(\F)N(F)P(F)F. The van der Waals surface area contributed by atoms with E-state index in [0.717, 1.165) is 5.21 Å². The van der Waals surface area contributed by atoms with E-state index in [2.05, 4.69) is 0 Å². The van der Waals surface area contributed by atoms with Gasteiger partial charge in [-0.25, -0.2) is 0 Å². The zero-order valence-electron chi connectivity index (χ0n) is 3.73. The van der Waals surface area contributed by atoms with E-state index in [1.54, 1.807) is 0 Å². The second-order valence-corrected chi connectivity index (χ2v) is 1.61. The van der Waals surface area contributed by atoms with Crippen LogP contribution in [0.3, 0.4) is 0 Å². The van der Waals surface area contributed by atoms with Crippen LogP contribution in [0.15, 0.2) is 5.21 Å². The fraction of sp³-hybridized carbons (Fsp3) is 0. The lowest BCUT2D eigenvalue weighted by atomic mass is 11.3. The van der Waals surface area contributed by atoms with Gasteiger partial charge in [-0.2, -0.15) is 12.8 Å². The van der Waals surface area contributed by atoms with E-state index in [0.29, 0.717) is 0 Å². The van der Waals surface area contributed by atoms with Crippen molar-refractivity contribution in [1.29, 1.82) is 0 Å². The number of amidine groups is 1. The molecule has 0 aliphatic rings. The van der Waals surface area contributed by atoms with Crippen molar-refractivity contribution in [1.82, 2.24) is 4.89 Å². The summed E-state index contributed by atoms with van der Waals surface area (Å²) >= 11 is 0.